The number of carbonyl (C=O) groups excluding carboxylic acids is 1. The summed E-state index contributed by atoms with van der Waals surface area (Å²) in [6, 6.07) is 7.06. The van der Waals surface area contributed by atoms with E-state index in [1.165, 1.54) is 18.2 Å². The van der Waals surface area contributed by atoms with E-state index in [4.69, 9.17) is 5.11 Å². The van der Waals surface area contributed by atoms with Gasteiger partial charge < -0.3 is 10.4 Å². The lowest BCUT2D eigenvalue weighted by Gasteiger charge is -2.15. The Morgan fingerprint density at radius 1 is 0.706 bits per heavy atom. The van der Waals surface area contributed by atoms with Crippen LogP contribution in [-0.4, -0.2) is 55.9 Å². The van der Waals surface area contributed by atoms with Gasteiger partial charge in [0.15, 0.2) is 0 Å². The molecule has 3 aromatic rings. The van der Waals surface area contributed by atoms with E-state index in [9.17, 15) is 48.5 Å². The number of fused-ring (bicyclic) bond motifs is 1. The van der Waals surface area contributed by atoms with Gasteiger partial charge in [0, 0.05) is 16.3 Å². The average Bonchev–Trinajstić information content (AvgIpc) is 2.70. The summed E-state index contributed by atoms with van der Waals surface area (Å²) in [6.45, 7) is 0. The fourth-order valence-electron chi connectivity index (χ4n) is 3.06. The molecule has 3 aromatic carbocycles. The van der Waals surface area contributed by atoms with Gasteiger partial charge in [-0.05, 0) is 42.5 Å². The van der Waals surface area contributed by atoms with Crippen LogP contribution < -0.4 is 5.32 Å². The lowest BCUT2D eigenvalue weighted by molar-refractivity contribution is 0.0696. The van der Waals surface area contributed by atoms with Crippen molar-refractivity contribution in [2.45, 2.75) is 14.7 Å². The van der Waals surface area contributed by atoms with Crippen LogP contribution in [0.3, 0.4) is 0 Å². The molecule has 0 fully saturated rings. The zero-order valence-corrected chi connectivity index (χ0v) is 18.8. The van der Waals surface area contributed by atoms with Gasteiger partial charge in [-0.25, -0.2) is 4.79 Å². The normalized spacial score (nSPS) is 12.4. The molecule has 1 amide bonds. The molecule has 13 nitrogen and oxygen atoms in total. The maximum atomic E-state index is 12.7. The number of rotatable bonds is 6. The number of carboxylic acid groups (broad SMARTS) is 1. The molecule has 0 saturated heterocycles. The summed E-state index contributed by atoms with van der Waals surface area (Å²) < 4.78 is 99.3. The molecular weight excluding hydrogens is 518 g/mol. The predicted octanol–water partition coefficient (Wildman–Crippen LogP) is 1.53. The number of nitrogens with one attached hydrogen (secondary N) is 1. The van der Waals surface area contributed by atoms with Crippen molar-refractivity contribution in [3.63, 3.8) is 0 Å². The molecule has 0 aliphatic carbocycles. The molecule has 0 aliphatic rings. The Hall–Kier alpha value is -3.41. The third kappa shape index (κ3) is 5.06. The van der Waals surface area contributed by atoms with Gasteiger partial charge in [-0.15, -0.1) is 0 Å². The first kappa shape index (κ1) is 25.2. The maximum Gasteiger partial charge on any atom is 0.335 e. The second-order valence-corrected chi connectivity index (χ2v) is 10.9. The van der Waals surface area contributed by atoms with E-state index in [0.717, 1.165) is 12.1 Å². The monoisotopic (exact) mass is 531 g/mol. The van der Waals surface area contributed by atoms with E-state index in [1.54, 1.807) is 0 Å². The van der Waals surface area contributed by atoms with Crippen LogP contribution in [0.4, 0.5) is 5.69 Å². The number of amides is 1. The van der Waals surface area contributed by atoms with Gasteiger partial charge in [-0.2, -0.15) is 25.3 Å². The third-order valence-corrected chi connectivity index (χ3v) is 7.11. The van der Waals surface area contributed by atoms with Gasteiger partial charge in [-0.1, -0.05) is 6.07 Å². The minimum atomic E-state index is -5.30. The van der Waals surface area contributed by atoms with Crippen molar-refractivity contribution in [1.82, 2.24) is 0 Å². The van der Waals surface area contributed by atoms with Crippen LogP contribution in [0.25, 0.3) is 10.8 Å². The average molecular weight is 531 g/mol. The molecule has 16 heteroatoms. The highest BCUT2D eigenvalue weighted by atomic mass is 32.2. The van der Waals surface area contributed by atoms with E-state index in [-0.39, 0.29) is 11.1 Å². The van der Waals surface area contributed by atoms with Gasteiger partial charge in [0.2, 0.25) is 0 Å². The summed E-state index contributed by atoms with van der Waals surface area (Å²) in [4.78, 5) is 20.5. The standard InChI is InChI=1S/C18H13NO12S3/c20-17(9-2-1-3-10(6-9)18(21)22)19-13-4-5-14(33(26,27)28)12-7-11(32(23,24)25)8-15(16(12)13)34(29,30)31/h1-8H,(H,19,20)(H,21,22)(H,23,24,25)(H,26,27,28)(H,29,30,31). The smallest absolute Gasteiger partial charge is 0.335 e. The molecule has 0 unspecified atom stereocenters. The van der Waals surface area contributed by atoms with E-state index in [2.05, 4.69) is 5.32 Å². The Labute approximate surface area is 191 Å². The van der Waals surface area contributed by atoms with E-state index in [0.29, 0.717) is 18.2 Å². The first-order valence-corrected chi connectivity index (χ1v) is 13.0. The van der Waals surface area contributed by atoms with Crippen molar-refractivity contribution >= 4 is 58.7 Å². The molecule has 0 saturated carbocycles. The highest BCUT2D eigenvalue weighted by Gasteiger charge is 2.27. The highest BCUT2D eigenvalue weighted by Crippen LogP contribution is 2.37. The number of hydrogen-bond acceptors (Lipinski definition) is 8. The van der Waals surface area contributed by atoms with Crippen molar-refractivity contribution in [1.29, 1.82) is 0 Å². The molecule has 180 valence electrons. The molecule has 5 N–H and O–H groups in total. The van der Waals surface area contributed by atoms with Crippen LogP contribution in [-0.2, 0) is 30.4 Å². The van der Waals surface area contributed by atoms with E-state index in [1.807, 2.05) is 0 Å². The topological polar surface area (TPSA) is 230 Å². The van der Waals surface area contributed by atoms with Crippen LogP contribution in [0, 0.1) is 0 Å². The quantitative estimate of drug-likeness (QED) is 0.285. The van der Waals surface area contributed by atoms with Crippen molar-refractivity contribution < 1.29 is 53.6 Å². The van der Waals surface area contributed by atoms with Crippen LogP contribution >= 0.6 is 0 Å². The van der Waals surface area contributed by atoms with Crippen molar-refractivity contribution in [3.05, 3.63) is 59.7 Å². The largest absolute Gasteiger partial charge is 0.478 e. The predicted molar refractivity (Wildman–Crippen MR) is 115 cm³/mol. The summed E-state index contributed by atoms with van der Waals surface area (Å²) in [5.74, 6) is -2.33. The van der Waals surface area contributed by atoms with Gasteiger partial charge in [0.25, 0.3) is 36.3 Å². The van der Waals surface area contributed by atoms with Crippen LogP contribution in [0.2, 0.25) is 0 Å². The third-order valence-electron chi connectivity index (χ3n) is 4.49. The van der Waals surface area contributed by atoms with Crippen LogP contribution in [0.15, 0.2) is 63.2 Å². The Morgan fingerprint density at radius 3 is 1.82 bits per heavy atom. The van der Waals surface area contributed by atoms with Gasteiger partial charge in [0.1, 0.15) is 9.79 Å². The Morgan fingerprint density at radius 2 is 1.29 bits per heavy atom. The van der Waals surface area contributed by atoms with Crippen molar-refractivity contribution in [2.24, 2.45) is 0 Å². The molecule has 0 aromatic heterocycles. The van der Waals surface area contributed by atoms with E-state index < -0.39 is 73.4 Å². The number of aromatic carboxylic acids is 1. The minimum Gasteiger partial charge on any atom is -0.478 e. The van der Waals surface area contributed by atoms with Crippen molar-refractivity contribution in [3.8, 4) is 0 Å². The summed E-state index contributed by atoms with van der Waals surface area (Å²) >= 11 is 0. The molecule has 0 aliphatic heterocycles. The molecular formula is C18H13NO12S3. The molecule has 0 radical (unpaired) electrons. The molecule has 34 heavy (non-hydrogen) atoms. The zero-order chi connectivity index (χ0) is 25.6. The van der Waals surface area contributed by atoms with Gasteiger partial charge >= 0.3 is 5.97 Å². The van der Waals surface area contributed by atoms with Crippen molar-refractivity contribution in [2.75, 3.05) is 5.32 Å². The summed E-state index contributed by atoms with van der Waals surface area (Å²) in [7, 11) is -15.5. The maximum absolute atomic E-state index is 12.7. The second-order valence-electron chi connectivity index (χ2n) is 6.72. The summed E-state index contributed by atoms with van der Waals surface area (Å²) in [6.07, 6.45) is 0. The van der Waals surface area contributed by atoms with Crippen LogP contribution in [0.5, 0.6) is 0 Å². The second kappa shape index (κ2) is 8.42. The first-order chi connectivity index (χ1) is 15.5. The molecule has 3 rings (SSSR count). The molecule has 0 spiro atoms. The Balaban J connectivity index is 2.37. The molecule has 0 heterocycles. The Bertz CT molecular complexity index is 1690. The molecule has 0 atom stereocenters. The van der Waals surface area contributed by atoms with Gasteiger partial charge in [0.05, 0.1) is 16.1 Å². The number of benzene rings is 3. The van der Waals surface area contributed by atoms with Crippen LogP contribution in [0.1, 0.15) is 20.7 Å². The zero-order valence-electron chi connectivity index (χ0n) is 16.4. The lowest BCUT2D eigenvalue weighted by atomic mass is 10.1. The number of hydrogen-bond donors (Lipinski definition) is 5. The fourth-order valence-corrected chi connectivity index (χ4v) is 5.10. The number of anilines is 1. The first-order valence-electron chi connectivity index (χ1n) is 8.68. The highest BCUT2D eigenvalue weighted by molar-refractivity contribution is 7.87. The lowest BCUT2D eigenvalue weighted by Crippen LogP contribution is -2.15. The Kier molecular flexibility index (Phi) is 6.25. The summed E-state index contributed by atoms with van der Waals surface area (Å²) in [5.41, 5.74) is -0.909. The molecule has 0 bridgehead atoms. The summed E-state index contributed by atoms with van der Waals surface area (Å²) in [5, 5.41) is 9.80. The SMILES string of the molecule is O=C(O)c1cccc(C(=O)Nc2ccc(S(=O)(=O)O)c3cc(S(=O)(=O)O)cc(S(=O)(=O)O)c23)c1. The van der Waals surface area contributed by atoms with Gasteiger partial charge in [-0.3, -0.25) is 18.5 Å². The fraction of sp³-hybridized carbons (Fsp3) is 0. The number of carbonyl (C=O) groups is 2. The van der Waals surface area contributed by atoms with E-state index >= 15 is 0 Å². The minimum absolute atomic E-state index is 0.199. The number of carboxylic acids is 1.